The van der Waals surface area contributed by atoms with E-state index in [1.807, 2.05) is 6.92 Å². The van der Waals surface area contributed by atoms with Gasteiger partial charge in [0.1, 0.15) is 0 Å². The van der Waals surface area contributed by atoms with E-state index in [-0.39, 0.29) is 0 Å². The minimum atomic E-state index is -0.441. The van der Waals surface area contributed by atoms with Crippen LogP contribution in [0.4, 0.5) is 0 Å². The molecule has 0 bridgehead atoms. The first-order chi connectivity index (χ1) is 4.18. The molecular weight excluding hydrogens is 118 g/mol. The molecule has 0 heterocycles. The van der Waals surface area contributed by atoms with Crippen LogP contribution in [-0.2, 0) is 9.53 Å². The van der Waals surface area contributed by atoms with E-state index in [4.69, 9.17) is 10.5 Å². The average molecular weight is 129 g/mol. The van der Waals surface area contributed by atoms with Gasteiger partial charge in [0, 0.05) is 5.57 Å². The molecule has 0 saturated heterocycles. The van der Waals surface area contributed by atoms with Gasteiger partial charge in [-0.1, -0.05) is 0 Å². The largest absolute Gasteiger partial charge is 0.501 e. The van der Waals surface area contributed by atoms with Crippen LogP contribution in [0.3, 0.4) is 0 Å². The van der Waals surface area contributed by atoms with Crippen molar-refractivity contribution in [1.82, 2.24) is 0 Å². The van der Waals surface area contributed by atoms with Crippen molar-refractivity contribution < 1.29 is 9.53 Å². The molecule has 0 aromatic heterocycles. The lowest BCUT2D eigenvalue weighted by Crippen LogP contribution is -2.11. The van der Waals surface area contributed by atoms with Crippen molar-refractivity contribution in [2.24, 2.45) is 5.73 Å². The molecule has 0 aromatic carbocycles. The van der Waals surface area contributed by atoms with E-state index in [0.717, 1.165) is 0 Å². The van der Waals surface area contributed by atoms with E-state index in [9.17, 15) is 4.79 Å². The molecule has 0 rings (SSSR count). The molecule has 9 heavy (non-hydrogen) atoms. The normalized spacial score (nSPS) is 11.1. The van der Waals surface area contributed by atoms with Gasteiger partial charge in [0.25, 0.3) is 0 Å². The highest BCUT2D eigenvalue weighted by molar-refractivity contribution is 5.90. The van der Waals surface area contributed by atoms with Gasteiger partial charge >= 0.3 is 0 Å². The van der Waals surface area contributed by atoms with Crippen molar-refractivity contribution in [2.45, 2.75) is 13.8 Å². The summed E-state index contributed by atoms with van der Waals surface area (Å²) in [6.45, 7) is 4.01. The number of nitrogens with two attached hydrogens (primary N) is 1. The number of primary amides is 1. The van der Waals surface area contributed by atoms with Gasteiger partial charge in [-0.3, -0.25) is 4.79 Å². The summed E-state index contributed by atoms with van der Waals surface area (Å²) in [5.74, 6) is -0.441. The third-order valence-corrected chi connectivity index (χ3v) is 0.815. The Hall–Kier alpha value is -0.990. The number of amides is 1. The molecule has 0 spiro atoms. The molecule has 0 aliphatic heterocycles. The quantitative estimate of drug-likeness (QED) is 0.443. The van der Waals surface area contributed by atoms with E-state index in [1.165, 1.54) is 6.26 Å². The summed E-state index contributed by atoms with van der Waals surface area (Å²) in [6.07, 6.45) is 1.36. The Bertz CT molecular complexity index is 129. The van der Waals surface area contributed by atoms with Gasteiger partial charge in [-0.2, -0.15) is 0 Å². The Morgan fingerprint density at radius 2 is 2.33 bits per heavy atom. The molecule has 52 valence electrons. The number of ether oxygens (including phenoxy) is 1. The standard InChI is InChI=1S/C6H11NO2/c1-3-9-4-5(2)6(7)8/h4H,3H2,1-2H3,(H2,7,8)/b5-4-. The Kier molecular flexibility index (Phi) is 3.51. The SMILES string of the molecule is CCO/C=C(/C)C(N)=O. The maximum Gasteiger partial charge on any atom is 0.247 e. The monoisotopic (exact) mass is 129 g/mol. The van der Waals surface area contributed by atoms with Crippen LogP contribution in [0.15, 0.2) is 11.8 Å². The Morgan fingerprint density at radius 1 is 1.78 bits per heavy atom. The molecule has 3 heteroatoms. The van der Waals surface area contributed by atoms with Crippen LogP contribution < -0.4 is 5.73 Å². The maximum atomic E-state index is 10.3. The number of hydrogen-bond acceptors (Lipinski definition) is 2. The molecule has 0 aliphatic carbocycles. The first-order valence-corrected chi connectivity index (χ1v) is 2.76. The topological polar surface area (TPSA) is 52.3 Å². The van der Waals surface area contributed by atoms with Gasteiger partial charge in [0.05, 0.1) is 12.9 Å². The summed E-state index contributed by atoms with van der Waals surface area (Å²) in [5, 5.41) is 0. The summed E-state index contributed by atoms with van der Waals surface area (Å²) >= 11 is 0. The van der Waals surface area contributed by atoms with Crippen LogP contribution in [0.5, 0.6) is 0 Å². The second kappa shape index (κ2) is 3.95. The third kappa shape index (κ3) is 3.58. The van der Waals surface area contributed by atoms with Gasteiger partial charge in [0.2, 0.25) is 5.91 Å². The average Bonchev–Trinajstić information content (AvgIpc) is 1.82. The fourth-order valence-electron chi connectivity index (χ4n) is 0.266. The molecule has 0 aliphatic rings. The van der Waals surface area contributed by atoms with Gasteiger partial charge < -0.3 is 10.5 Å². The zero-order valence-electron chi connectivity index (χ0n) is 5.68. The summed E-state index contributed by atoms with van der Waals surface area (Å²) in [4.78, 5) is 10.3. The lowest BCUT2D eigenvalue weighted by atomic mass is 10.3. The second-order valence-electron chi connectivity index (χ2n) is 1.62. The van der Waals surface area contributed by atoms with Crippen LogP contribution in [-0.4, -0.2) is 12.5 Å². The summed E-state index contributed by atoms with van der Waals surface area (Å²) in [6, 6.07) is 0. The van der Waals surface area contributed by atoms with Crippen LogP contribution >= 0.6 is 0 Å². The van der Waals surface area contributed by atoms with Crippen molar-refractivity contribution in [3.8, 4) is 0 Å². The smallest absolute Gasteiger partial charge is 0.247 e. The van der Waals surface area contributed by atoms with Gasteiger partial charge in [-0.15, -0.1) is 0 Å². The lowest BCUT2D eigenvalue weighted by Gasteiger charge is -1.94. The van der Waals surface area contributed by atoms with Crippen LogP contribution in [0.25, 0.3) is 0 Å². The summed E-state index contributed by atoms with van der Waals surface area (Å²) < 4.78 is 4.79. The number of carbonyl (C=O) groups is 1. The predicted molar refractivity (Wildman–Crippen MR) is 34.6 cm³/mol. The molecule has 3 nitrogen and oxygen atoms in total. The van der Waals surface area contributed by atoms with Gasteiger partial charge in [-0.05, 0) is 13.8 Å². The molecule has 1 amide bonds. The van der Waals surface area contributed by atoms with Crippen molar-refractivity contribution in [1.29, 1.82) is 0 Å². The molecule has 0 radical (unpaired) electrons. The highest BCUT2D eigenvalue weighted by Crippen LogP contribution is 1.89. The molecule has 0 aromatic rings. The molecular formula is C6H11NO2. The number of carbonyl (C=O) groups excluding carboxylic acids is 1. The van der Waals surface area contributed by atoms with E-state index in [1.54, 1.807) is 6.92 Å². The second-order valence-corrected chi connectivity index (χ2v) is 1.62. The summed E-state index contributed by atoms with van der Waals surface area (Å²) in [7, 11) is 0. The van der Waals surface area contributed by atoms with Gasteiger partial charge in [0.15, 0.2) is 0 Å². The molecule has 0 fully saturated rings. The maximum absolute atomic E-state index is 10.3. The van der Waals surface area contributed by atoms with E-state index in [0.29, 0.717) is 12.2 Å². The molecule has 2 N–H and O–H groups in total. The van der Waals surface area contributed by atoms with Crippen molar-refractivity contribution in [3.63, 3.8) is 0 Å². The van der Waals surface area contributed by atoms with Crippen LogP contribution in [0.2, 0.25) is 0 Å². The van der Waals surface area contributed by atoms with Crippen LogP contribution in [0.1, 0.15) is 13.8 Å². The van der Waals surface area contributed by atoms with Crippen molar-refractivity contribution in [2.75, 3.05) is 6.61 Å². The third-order valence-electron chi connectivity index (χ3n) is 0.815. The fraction of sp³-hybridized carbons (Fsp3) is 0.500. The number of hydrogen-bond donors (Lipinski definition) is 1. The molecule has 0 unspecified atom stereocenters. The minimum Gasteiger partial charge on any atom is -0.501 e. The Balaban J connectivity index is 3.69. The molecule has 0 atom stereocenters. The Morgan fingerprint density at radius 3 is 2.67 bits per heavy atom. The number of rotatable bonds is 3. The van der Waals surface area contributed by atoms with Gasteiger partial charge in [-0.25, -0.2) is 0 Å². The first kappa shape index (κ1) is 8.01. The highest BCUT2D eigenvalue weighted by atomic mass is 16.5. The molecule has 0 saturated carbocycles. The predicted octanol–water partition coefficient (Wildman–Crippen LogP) is 0.412. The van der Waals surface area contributed by atoms with E-state index >= 15 is 0 Å². The van der Waals surface area contributed by atoms with Crippen molar-refractivity contribution >= 4 is 5.91 Å². The van der Waals surface area contributed by atoms with E-state index < -0.39 is 5.91 Å². The van der Waals surface area contributed by atoms with Crippen LogP contribution in [0, 0.1) is 0 Å². The zero-order chi connectivity index (χ0) is 7.28. The minimum absolute atomic E-state index is 0.441. The lowest BCUT2D eigenvalue weighted by molar-refractivity contribution is -0.114. The fourth-order valence-corrected chi connectivity index (χ4v) is 0.266. The van der Waals surface area contributed by atoms with Crippen molar-refractivity contribution in [3.05, 3.63) is 11.8 Å². The highest BCUT2D eigenvalue weighted by Gasteiger charge is 1.94. The van der Waals surface area contributed by atoms with E-state index in [2.05, 4.69) is 0 Å². The first-order valence-electron chi connectivity index (χ1n) is 2.76. The zero-order valence-corrected chi connectivity index (χ0v) is 5.68. The summed E-state index contributed by atoms with van der Waals surface area (Å²) in [5.41, 5.74) is 5.33. The Labute approximate surface area is 54.5 Å².